The van der Waals surface area contributed by atoms with Crippen LogP contribution >= 0.6 is 11.9 Å². The Morgan fingerprint density at radius 2 is 1.93 bits per heavy atom. The second kappa shape index (κ2) is 11.9. The number of allylic oxidation sites excluding steroid dienone is 2. The van der Waals surface area contributed by atoms with Crippen molar-refractivity contribution in [3.63, 3.8) is 0 Å². The SMILES string of the molecule is C=C(/C=C\CCCCCCC)SNCC. The molecule has 2 heteroatoms. The molecule has 0 aromatic heterocycles. The average molecular weight is 227 g/mol. The molecule has 15 heavy (non-hydrogen) atoms. The monoisotopic (exact) mass is 227 g/mol. The van der Waals surface area contributed by atoms with Crippen molar-refractivity contribution in [2.24, 2.45) is 0 Å². The van der Waals surface area contributed by atoms with Crippen molar-refractivity contribution in [3.05, 3.63) is 23.6 Å². The first-order valence-electron chi connectivity index (χ1n) is 6.06. The second-order valence-electron chi connectivity index (χ2n) is 3.67. The van der Waals surface area contributed by atoms with Gasteiger partial charge in [-0.1, -0.05) is 58.3 Å². The van der Waals surface area contributed by atoms with Crippen molar-refractivity contribution in [1.82, 2.24) is 4.72 Å². The van der Waals surface area contributed by atoms with Crippen LogP contribution in [0.4, 0.5) is 0 Å². The minimum atomic E-state index is 0.981. The molecule has 0 spiro atoms. The summed E-state index contributed by atoms with van der Waals surface area (Å²) in [4.78, 5) is 1.10. The molecule has 0 aromatic rings. The molecule has 1 nitrogen and oxygen atoms in total. The van der Waals surface area contributed by atoms with Crippen LogP contribution in [0.1, 0.15) is 52.4 Å². The van der Waals surface area contributed by atoms with Gasteiger partial charge in [-0.2, -0.15) is 0 Å². The van der Waals surface area contributed by atoms with Crippen LogP contribution in [0.2, 0.25) is 0 Å². The smallest absolute Gasteiger partial charge is 0.0153 e. The van der Waals surface area contributed by atoms with E-state index in [1.807, 2.05) is 0 Å². The van der Waals surface area contributed by atoms with Gasteiger partial charge in [0, 0.05) is 11.4 Å². The maximum atomic E-state index is 3.95. The number of hydrogen-bond acceptors (Lipinski definition) is 2. The maximum Gasteiger partial charge on any atom is 0.0153 e. The molecule has 0 heterocycles. The fraction of sp³-hybridized carbons (Fsp3) is 0.692. The van der Waals surface area contributed by atoms with Crippen LogP contribution in [0.15, 0.2) is 23.6 Å². The molecule has 0 bridgehead atoms. The van der Waals surface area contributed by atoms with Gasteiger partial charge in [0.2, 0.25) is 0 Å². The first-order valence-corrected chi connectivity index (χ1v) is 6.88. The molecule has 0 fully saturated rings. The Hall–Kier alpha value is -0.210. The summed E-state index contributed by atoms with van der Waals surface area (Å²) in [5, 5.41) is 0. The molecular weight excluding hydrogens is 202 g/mol. The van der Waals surface area contributed by atoms with Crippen LogP contribution in [0.25, 0.3) is 0 Å². The molecule has 0 radical (unpaired) electrons. The van der Waals surface area contributed by atoms with Crippen LogP contribution in [0.5, 0.6) is 0 Å². The van der Waals surface area contributed by atoms with E-state index in [0.29, 0.717) is 0 Å². The molecule has 0 aliphatic heterocycles. The predicted octanol–water partition coefficient (Wildman–Crippen LogP) is 4.67. The second-order valence-corrected chi connectivity index (χ2v) is 4.69. The lowest BCUT2D eigenvalue weighted by Crippen LogP contribution is -1.99. The lowest BCUT2D eigenvalue weighted by atomic mass is 10.1. The molecule has 0 saturated carbocycles. The highest BCUT2D eigenvalue weighted by atomic mass is 32.2. The molecular formula is C13H25NS. The summed E-state index contributed by atoms with van der Waals surface area (Å²) in [6.07, 6.45) is 12.3. The van der Waals surface area contributed by atoms with E-state index in [-0.39, 0.29) is 0 Å². The summed E-state index contributed by atoms with van der Waals surface area (Å²) in [6.45, 7) is 9.28. The van der Waals surface area contributed by atoms with Gasteiger partial charge in [0.1, 0.15) is 0 Å². The summed E-state index contributed by atoms with van der Waals surface area (Å²) in [5.41, 5.74) is 0. The fourth-order valence-corrected chi connectivity index (χ4v) is 1.77. The van der Waals surface area contributed by atoms with Crippen molar-refractivity contribution in [1.29, 1.82) is 0 Å². The van der Waals surface area contributed by atoms with Crippen LogP contribution < -0.4 is 4.72 Å². The first-order chi connectivity index (χ1) is 7.31. The zero-order chi connectivity index (χ0) is 11.4. The van der Waals surface area contributed by atoms with Crippen molar-refractivity contribution >= 4 is 11.9 Å². The number of nitrogens with one attached hydrogen (secondary N) is 1. The Kier molecular flexibility index (Phi) is 11.7. The van der Waals surface area contributed by atoms with Gasteiger partial charge in [0.05, 0.1) is 0 Å². The molecule has 0 unspecified atom stereocenters. The van der Waals surface area contributed by atoms with Crippen molar-refractivity contribution < 1.29 is 0 Å². The summed E-state index contributed by atoms with van der Waals surface area (Å²) in [6, 6.07) is 0. The van der Waals surface area contributed by atoms with Gasteiger partial charge >= 0.3 is 0 Å². The third-order valence-corrected chi connectivity index (χ3v) is 2.96. The molecule has 88 valence electrons. The Morgan fingerprint density at radius 3 is 2.60 bits per heavy atom. The minimum absolute atomic E-state index is 0.981. The van der Waals surface area contributed by atoms with Crippen LogP contribution in [0.3, 0.4) is 0 Å². The zero-order valence-corrected chi connectivity index (χ0v) is 11.0. The van der Waals surface area contributed by atoms with Crippen molar-refractivity contribution in [2.75, 3.05) is 6.54 Å². The van der Waals surface area contributed by atoms with E-state index in [0.717, 1.165) is 11.4 Å². The van der Waals surface area contributed by atoms with Gasteiger partial charge in [0.25, 0.3) is 0 Å². The van der Waals surface area contributed by atoms with Crippen molar-refractivity contribution in [3.8, 4) is 0 Å². The largest absolute Gasteiger partial charge is 0.260 e. The minimum Gasteiger partial charge on any atom is -0.260 e. The van der Waals surface area contributed by atoms with E-state index in [4.69, 9.17) is 0 Å². The van der Waals surface area contributed by atoms with E-state index in [1.165, 1.54) is 38.5 Å². The molecule has 0 saturated heterocycles. The van der Waals surface area contributed by atoms with Gasteiger partial charge < -0.3 is 0 Å². The van der Waals surface area contributed by atoms with E-state index in [9.17, 15) is 0 Å². The number of unbranched alkanes of at least 4 members (excludes halogenated alkanes) is 5. The molecule has 0 aliphatic rings. The quantitative estimate of drug-likeness (QED) is 0.330. The van der Waals surface area contributed by atoms with E-state index >= 15 is 0 Å². The summed E-state index contributed by atoms with van der Waals surface area (Å²) < 4.78 is 3.18. The average Bonchev–Trinajstić information content (AvgIpc) is 2.25. The van der Waals surface area contributed by atoms with Crippen LogP contribution in [-0.2, 0) is 0 Å². The predicted molar refractivity (Wildman–Crippen MR) is 72.9 cm³/mol. The summed E-state index contributed by atoms with van der Waals surface area (Å²) >= 11 is 1.62. The highest BCUT2D eigenvalue weighted by molar-refractivity contribution is 8.01. The first kappa shape index (κ1) is 14.8. The Morgan fingerprint density at radius 1 is 1.20 bits per heavy atom. The highest BCUT2D eigenvalue weighted by Gasteiger charge is 1.88. The van der Waals surface area contributed by atoms with E-state index < -0.39 is 0 Å². The maximum absolute atomic E-state index is 3.95. The summed E-state index contributed by atoms with van der Waals surface area (Å²) in [7, 11) is 0. The van der Waals surface area contributed by atoms with Crippen LogP contribution in [-0.4, -0.2) is 6.54 Å². The van der Waals surface area contributed by atoms with Gasteiger partial charge in [0.15, 0.2) is 0 Å². The molecule has 1 N–H and O–H groups in total. The van der Waals surface area contributed by atoms with Crippen LogP contribution in [0, 0.1) is 0 Å². The standard InChI is InChI=1S/C13H25NS/c1-4-6-7-8-9-10-11-12-13(3)15-14-5-2/h11-12,14H,3-10H2,1-2H3/b12-11-. The Labute approximate surface area is 99.5 Å². The van der Waals surface area contributed by atoms with E-state index in [1.54, 1.807) is 11.9 Å². The highest BCUT2D eigenvalue weighted by Crippen LogP contribution is 2.11. The Bertz CT molecular complexity index is 175. The van der Waals surface area contributed by atoms with Gasteiger partial charge in [-0.05, 0) is 24.8 Å². The van der Waals surface area contributed by atoms with Crippen molar-refractivity contribution in [2.45, 2.75) is 52.4 Å². The molecule has 0 atom stereocenters. The third kappa shape index (κ3) is 11.7. The molecule has 0 rings (SSSR count). The zero-order valence-electron chi connectivity index (χ0n) is 10.2. The number of rotatable bonds is 10. The number of hydrogen-bond donors (Lipinski definition) is 1. The van der Waals surface area contributed by atoms with E-state index in [2.05, 4.69) is 37.3 Å². The third-order valence-electron chi connectivity index (χ3n) is 2.13. The molecule has 0 aliphatic carbocycles. The van der Waals surface area contributed by atoms with Gasteiger partial charge in [-0.15, -0.1) is 0 Å². The molecule has 0 aromatic carbocycles. The molecule has 0 amide bonds. The lowest BCUT2D eigenvalue weighted by molar-refractivity contribution is 0.637. The lowest BCUT2D eigenvalue weighted by Gasteiger charge is -1.99. The fourth-order valence-electron chi connectivity index (χ4n) is 1.28. The Balaban J connectivity index is 3.26. The van der Waals surface area contributed by atoms with Gasteiger partial charge in [-0.3, -0.25) is 4.72 Å². The summed E-state index contributed by atoms with van der Waals surface area (Å²) in [5.74, 6) is 0. The topological polar surface area (TPSA) is 12.0 Å². The normalized spacial score (nSPS) is 11.1. The van der Waals surface area contributed by atoms with Gasteiger partial charge in [-0.25, -0.2) is 0 Å².